The minimum atomic E-state index is -3.48. The molecule has 1 saturated carbocycles. The van der Waals surface area contributed by atoms with Crippen LogP contribution in [0.15, 0.2) is 42.5 Å². The molecule has 6 nitrogen and oxygen atoms in total. The molecule has 0 spiro atoms. The minimum absolute atomic E-state index is 0.332. The number of benzene rings is 2. The van der Waals surface area contributed by atoms with E-state index in [1.165, 1.54) is 0 Å². The number of nitrogens with zero attached hydrogens (tertiary/aromatic N) is 2. The molecule has 0 amide bonds. The highest BCUT2D eigenvalue weighted by atomic mass is 32.2. The Kier molecular flexibility index (Phi) is 6.87. The Bertz CT molecular complexity index is 1280. The molecule has 5 rings (SSSR count). The maximum Gasteiger partial charge on any atom is 0.235 e. The van der Waals surface area contributed by atoms with Crippen LogP contribution in [0.1, 0.15) is 63.6 Å². The largest absolute Gasteiger partial charge is 0.370 e. The Morgan fingerprint density at radius 2 is 1.74 bits per heavy atom. The van der Waals surface area contributed by atoms with E-state index in [1.54, 1.807) is 0 Å². The molecule has 0 atom stereocenters. The SMILES string of the molecule is CC(C)C1CCC(S(=O)(=O)Nc2cc3c(/C=C/c4ccccc4)n[nH]c3cc2N2CCCC2)CC1. The summed E-state index contributed by atoms with van der Waals surface area (Å²) in [6.07, 6.45) is 9.69. The van der Waals surface area contributed by atoms with Crippen LogP contribution in [0.25, 0.3) is 23.1 Å². The zero-order valence-corrected chi connectivity index (χ0v) is 21.5. The lowest BCUT2D eigenvalue weighted by Gasteiger charge is -2.31. The fourth-order valence-corrected chi connectivity index (χ4v) is 7.07. The van der Waals surface area contributed by atoms with Crippen LogP contribution < -0.4 is 9.62 Å². The lowest BCUT2D eigenvalue weighted by atomic mass is 9.82. The minimum Gasteiger partial charge on any atom is -0.370 e. The number of sulfonamides is 1. The van der Waals surface area contributed by atoms with Crippen molar-refractivity contribution in [2.45, 2.75) is 57.6 Å². The summed E-state index contributed by atoms with van der Waals surface area (Å²) in [6, 6.07) is 14.1. The molecule has 0 bridgehead atoms. The van der Waals surface area contributed by atoms with Gasteiger partial charge in [-0.2, -0.15) is 5.10 Å². The van der Waals surface area contributed by atoms with Crippen molar-refractivity contribution in [2.24, 2.45) is 11.8 Å². The number of fused-ring (bicyclic) bond motifs is 1. The van der Waals surface area contributed by atoms with Gasteiger partial charge in [-0.05, 0) is 74.1 Å². The summed E-state index contributed by atoms with van der Waals surface area (Å²) in [5, 5.41) is 8.26. The van der Waals surface area contributed by atoms with Gasteiger partial charge in [0.15, 0.2) is 0 Å². The van der Waals surface area contributed by atoms with Gasteiger partial charge in [-0.1, -0.05) is 50.3 Å². The Morgan fingerprint density at radius 3 is 2.43 bits per heavy atom. The van der Waals surface area contributed by atoms with Gasteiger partial charge < -0.3 is 4.90 Å². The molecular formula is C28H36N4O2S. The van der Waals surface area contributed by atoms with E-state index < -0.39 is 10.0 Å². The second-order valence-electron chi connectivity index (χ2n) is 10.4. The molecule has 1 aromatic heterocycles. The second-order valence-corrected chi connectivity index (χ2v) is 12.4. The van der Waals surface area contributed by atoms with Gasteiger partial charge in [-0.3, -0.25) is 9.82 Å². The summed E-state index contributed by atoms with van der Waals surface area (Å²) in [5.41, 5.74) is 4.42. The van der Waals surface area contributed by atoms with Crippen molar-refractivity contribution in [1.82, 2.24) is 10.2 Å². The van der Waals surface area contributed by atoms with Crippen molar-refractivity contribution < 1.29 is 8.42 Å². The predicted octanol–water partition coefficient (Wildman–Crippen LogP) is 6.29. The normalized spacial score (nSPS) is 21.4. The first kappa shape index (κ1) is 23.9. The van der Waals surface area contributed by atoms with Gasteiger partial charge in [0, 0.05) is 18.5 Å². The summed E-state index contributed by atoms with van der Waals surface area (Å²) in [7, 11) is -3.48. The summed E-state index contributed by atoms with van der Waals surface area (Å²) < 4.78 is 30.0. The highest BCUT2D eigenvalue weighted by molar-refractivity contribution is 7.93. The van der Waals surface area contributed by atoms with Crippen LogP contribution in [-0.2, 0) is 10.0 Å². The van der Waals surface area contributed by atoms with Crippen LogP contribution in [0.5, 0.6) is 0 Å². The molecule has 3 aromatic rings. The van der Waals surface area contributed by atoms with Crippen LogP contribution in [0.3, 0.4) is 0 Å². The van der Waals surface area contributed by atoms with Crippen LogP contribution in [-0.4, -0.2) is 37.0 Å². The first-order valence-corrected chi connectivity index (χ1v) is 14.5. The molecule has 1 aliphatic carbocycles. The second kappa shape index (κ2) is 10.1. The molecule has 0 unspecified atom stereocenters. The number of anilines is 2. The summed E-state index contributed by atoms with van der Waals surface area (Å²) in [4.78, 5) is 2.28. The number of aromatic amines is 1. The monoisotopic (exact) mass is 492 g/mol. The summed E-state index contributed by atoms with van der Waals surface area (Å²) in [5.74, 6) is 1.24. The highest BCUT2D eigenvalue weighted by Crippen LogP contribution is 2.38. The summed E-state index contributed by atoms with van der Waals surface area (Å²) >= 11 is 0. The van der Waals surface area contributed by atoms with Gasteiger partial charge in [0.1, 0.15) is 0 Å². The smallest absolute Gasteiger partial charge is 0.235 e. The molecule has 7 heteroatoms. The number of hydrogen-bond donors (Lipinski definition) is 2. The van der Waals surface area contributed by atoms with Gasteiger partial charge in [0.25, 0.3) is 0 Å². The van der Waals surface area contributed by atoms with Crippen LogP contribution in [0.2, 0.25) is 0 Å². The number of H-pyrrole nitrogens is 1. The quantitative estimate of drug-likeness (QED) is 0.406. The zero-order valence-electron chi connectivity index (χ0n) is 20.7. The molecule has 2 aliphatic rings. The van der Waals surface area contributed by atoms with Crippen molar-refractivity contribution >= 4 is 44.5 Å². The van der Waals surface area contributed by atoms with E-state index in [-0.39, 0.29) is 5.25 Å². The van der Waals surface area contributed by atoms with E-state index in [0.29, 0.717) is 17.5 Å². The zero-order chi connectivity index (χ0) is 24.4. The Balaban J connectivity index is 1.46. The molecule has 1 saturated heterocycles. The number of nitrogens with one attached hydrogen (secondary N) is 2. The number of hydrogen-bond acceptors (Lipinski definition) is 4. The van der Waals surface area contributed by atoms with Crippen molar-refractivity contribution in [3.05, 3.63) is 53.7 Å². The van der Waals surface area contributed by atoms with Gasteiger partial charge in [-0.15, -0.1) is 0 Å². The Labute approximate surface area is 208 Å². The maximum atomic E-state index is 13.5. The van der Waals surface area contributed by atoms with Crippen molar-refractivity contribution in [3.63, 3.8) is 0 Å². The molecule has 2 N–H and O–H groups in total. The van der Waals surface area contributed by atoms with E-state index in [1.807, 2.05) is 48.6 Å². The molecule has 0 radical (unpaired) electrons. The van der Waals surface area contributed by atoms with E-state index >= 15 is 0 Å². The van der Waals surface area contributed by atoms with Crippen molar-refractivity contribution in [1.29, 1.82) is 0 Å². The van der Waals surface area contributed by atoms with Gasteiger partial charge in [-0.25, -0.2) is 8.42 Å². The molecule has 2 fully saturated rings. The van der Waals surface area contributed by atoms with Crippen molar-refractivity contribution in [2.75, 3.05) is 22.7 Å². The lowest BCUT2D eigenvalue weighted by molar-refractivity contribution is 0.280. The van der Waals surface area contributed by atoms with E-state index in [9.17, 15) is 8.42 Å². The Morgan fingerprint density at radius 1 is 1.03 bits per heavy atom. The molecule has 2 heterocycles. The third kappa shape index (κ3) is 5.25. The maximum absolute atomic E-state index is 13.5. The van der Waals surface area contributed by atoms with E-state index in [4.69, 9.17) is 0 Å². The first-order valence-electron chi connectivity index (χ1n) is 12.9. The van der Waals surface area contributed by atoms with E-state index in [2.05, 4.69) is 39.7 Å². The van der Waals surface area contributed by atoms with Gasteiger partial charge in [0.05, 0.1) is 27.8 Å². The number of aromatic nitrogens is 2. The standard InChI is InChI=1S/C28H36N4O2S/c1-20(2)22-11-13-23(14-12-22)35(33,34)31-27-18-24-25(15-10-21-8-4-3-5-9-21)29-30-26(24)19-28(27)32-16-6-7-17-32/h3-5,8-10,15,18-20,22-23,31H,6-7,11-14,16-17H2,1-2H3,(H,29,30)/b15-10+. The highest BCUT2D eigenvalue weighted by Gasteiger charge is 2.33. The molecule has 2 aromatic carbocycles. The van der Waals surface area contributed by atoms with Crippen molar-refractivity contribution in [3.8, 4) is 0 Å². The molecular weight excluding hydrogens is 456 g/mol. The Hall–Kier alpha value is -2.80. The van der Waals surface area contributed by atoms with Crippen LogP contribution >= 0.6 is 0 Å². The lowest BCUT2D eigenvalue weighted by Crippen LogP contribution is -2.33. The van der Waals surface area contributed by atoms with Gasteiger partial charge in [0.2, 0.25) is 10.0 Å². The van der Waals surface area contributed by atoms with Crippen LogP contribution in [0.4, 0.5) is 11.4 Å². The first-order chi connectivity index (χ1) is 16.9. The van der Waals surface area contributed by atoms with Crippen LogP contribution in [0, 0.1) is 11.8 Å². The van der Waals surface area contributed by atoms with Gasteiger partial charge >= 0.3 is 0 Å². The molecule has 1 aliphatic heterocycles. The molecule has 186 valence electrons. The molecule has 35 heavy (non-hydrogen) atoms. The van der Waals surface area contributed by atoms with E-state index in [0.717, 1.165) is 79.5 Å². The topological polar surface area (TPSA) is 78.1 Å². The predicted molar refractivity (Wildman–Crippen MR) is 146 cm³/mol. The summed E-state index contributed by atoms with van der Waals surface area (Å²) in [6.45, 7) is 6.36. The number of rotatable bonds is 7. The fourth-order valence-electron chi connectivity index (χ4n) is 5.54. The average molecular weight is 493 g/mol. The third-order valence-electron chi connectivity index (χ3n) is 7.74. The fraction of sp³-hybridized carbons (Fsp3) is 0.464. The third-order valence-corrected chi connectivity index (χ3v) is 9.59. The average Bonchev–Trinajstić information content (AvgIpc) is 3.53.